The molecule has 1 heterocycles. The molecule has 1 aliphatic rings. The summed E-state index contributed by atoms with van der Waals surface area (Å²) in [6.07, 6.45) is 23.6. The summed E-state index contributed by atoms with van der Waals surface area (Å²) < 4.78 is 47.3. The van der Waals surface area contributed by atoms with Crippen molar-refractivity contribution >= 4 is 16.3 Å². The quantitative estimate of drug-likeness (QED) is 0.0255. The summed E-state index contributed by atoms with van der Waals surface area (Å²) in [5.74, 6) is -0.738. The van der Waals surface area contributed by atoms with E-state index in [0.717, 1.165) is 44.9 Å². The lowest BCUT2D eigenvalue weighted by molar-refractivity contribution is -0.298. The number of hydrogen-bond acceptors (Lipinski definition) is 11. The van der Waals surface area contributed by atoms with Gasteiger partial charge in [-0.1, -0.05) is 114 Å². The predicted octanol–water partition coefficient (Wildman–Crippen LogP) is 5.51. The second-order valence-electron chi connectivity index (χ2n) is 14.0. The van der Waals surface area contributed by atoms with E-state index in [9.17, 15) is 38.7 Å². The third-order valence-electron chi connectivity index (χ3n) is 9.17. The van der Waals surface area contributed by atoms with E-state index in [2.05, 4.69) is 59.8 Å². The van der Waals surface area contributed by atoms with E-state index in [1.165, 1.54) is 63.9 Å². The van der Waals surface area contributed by atoms with Crippen molar-refractivity contribution < 1.29 is 57.0 Å². The van der Waals surface area contributed by atoms with Crippen LogP contribution in [0, 0.1) is 0 Å². The minimum atomic E-state index is -5.12. The van der Waals surface area contributed by atoms with Gasteiger partial charge < -0.3 is 40.3 Å². The van der Waals surface area contributed by atoms with Crippen molar-refractivity contribution in [1.82, 2.24) is 5.32 Å². The number of unbranched alkanes of at least 4 members (excludes halogenated alkanes) is 13. The van der Waals surface area contributed by atoms with Crippen molar-refractivity contribution in [3.63, 3.8) is 0 Å². The molecule has 1 rings (SSSR count). The molecule has 54 heavy (non-hydrogen) atoms. The highest BCUT2D eigenvalue weighted by Gasteiger charge is 2.48. The van der Waals surface area contributed by atoms with Crippen LogP contribution in [0.25, 0.3) is 0 Å². The Bertz CT molecular complexity index is 1180. The van der Waals surface area contributed by atoms with Crippen molar-refractivity contribution in [2.75, 3.05) is 13.2 Å². The predicted molar refractivity (Wildman–Crippen MR) is 210 cm³/mol. The molecule has 0 saturated carbocycles. The molecule has 0 bridgehead atoms. The van der Waals surface area contributed by atoms with Crippen LogP contribution in [0.4, 0.5) is 0 Å². The molecule has 1 fully saturated rings. The summed E-state index contributed by atoms with van der Waals surface area (Å²) in [5, 5.41) is 54.8. The zero-order valence-electron chi connectivity index (χ0n) is 32.6. The number of ether oxygens (including phenoxy) is 2. The number of nitrogens with one attached hydrogen (secondary N) is 1. The highest BCUT2D eigenvalue weighted by molar-refractivity contribution is 7.80. The van der Waals surface area contributed by atoms with Gasteiger partial charge in [0, 0.05) is 0 Å². The maximum Gasteiger partial charge on any atom is 0.397 e. The highest BCUT2D eigenvalue weighted by Crippen LogP contribution is 2.26. The number of carbonyl (C=O) groups excluding carboxylic acids is 1. The van der Waals surface area contributed by atoms with Gasteiger partial charge in [-0.05, 0) is 70.6 Å². The molecular formula is C40H71NO12S. The second-order valence-corrected chi connectivity index (χ2v) is 15.0. The molecule has 0 radical (unpaired) electrons. The number of rotatable bonds is 32. The first kappa shape index (κ1) is 50.0. The molecule has 0 aromatic heterocycles. The van der Waals surface area contributed by atoms with Gasteiger partial charge in [0.25, 0.3) is 0 Å². The largest absolute Gasteiger partial charge is 0.397 e. The van der Waals surface area contributed by atoms with E-state index in [1.807, 2.05) is 0 Å². The Kier molecular flexibility index (Phi) is 28.9. The van der Waals surface area contributed by atoms with Crippen LogP contribution in [0.1, 0.15) is 136 Å². The molecule has 14 heteroatoms. The van der Waals surface area contributed by atoms with Crippen molar-refractivity contribution in [3.8, 4) is 0 Å². The van der Waals surface area contributed by atoms with Crippen LogP contribution < -0.4 is 5.32 Å². The van der Waals surface area contributed by atoms with E-state index in [4.69, 9.17) is 14.0 Å². The molecule has 0 aliphatic carbocycles. The third kappa shape index (κ3) is 23.8. The van der Waals surface area contributed by atoms with Crippen LogP contribution >= 0.6 is 0 Å². The number of aliphatic hydroxyl groups is 5. The van der Waals surface area contributed by atoms with Gasteiger partial charge in [0.05, 0.1) is 25.4 Å². The Morgan fingerprint density at radius 3 is 1.81 bits per heavy atom. The molecule has 1 saturated heterocycles. The topological polar surface area (TPSA) is 212 Å². The van der Waals surface area contributed by atoms with E-state index >= 15 is 0 Å². The molecule has 7 N–H and O–H groups in total. The average molecular weight is 790 g/mol. The summed E-state index contributed by atoms with van der Waals surface area (Å²) in [4.78, 5) is 13.0. The summed E-state index contributed by atoms with van der Waals surface area (Å²) in [6, 6.07) is -1.15. The molecule has 0 aromatic rings. The van der Waals surface area contributed by atoms with E-state index < -0.39 is 78.5 Å². The third-order valence-corrected chi connectivity index (χ3v) is 9.63. The lowest BCUT2D eigenvalue weighted by Crippen LogP contribution is -2.61. The lowest BCUT2D eigenvalue weighted by atomic mass is 9.99. The standard InChI is InChI=1S/C40H71NO12S/c1-3-5-7-9-11-13-15-17-19-20-22-24-26-28-33(43)32(31-51-40-37(46)38(53-54(48,49)50)36(45)35(30-42)52-40)41-39(47)34(44)29-27-25-23-21-18-16-14-12-10-8-6-4-2/h11,13,18-21,26,28,32-38,40,42-46H,3-10,12,14-17,22-25,27,29-31H2,1-2H3,(H,41,47)(H,48,49,50)/b13-11+,20-19+,21-18-,28-26+. The number of amides is 1. The highest BCUT2D eigenvalue weighted by atomic mass is 32.3. The molecular weight excluding hydrogens is 719 g/mol. The van der Waals surface area contributed by atoms with Crippen molar-refractivity contribution in [1.29, 1.82) is 0 Å². The Labute approximate surface area is 324 Å². The number of aliphatic hydroxyl groups excluding tert-OH is 5. The van der Waals surface area contributed by atoms with Crippen molar-refractivity contribution in [2.45, 2.75) is 185 Å². The van der Waals surface area contributed by atoms with Gasteiger partial charge >= 0.3 is 10.4 Å². The maximum absolute atomic E-state index is 13.0. The van der Waals surface area contributed by atoms with Crippen LogP contribution in [0.5, 0.6) is 0 Å². The summed E-state index contributed by atoms with van der Waals surface area (Å²) in [5.41, 5.74) is 0. The van der Waals surface area contributed by atoms with E-state index in [-0.39, 0.29) is 6.42 Å². The van der Waals surface area contributed by atoms with E-state index in [0.29, 0.717) is 12.8 Å². The van der Waals surface area contributed by atoms with Gasteiger partial charge in [-0.15, -0.1) is 0 Å². The Morgan fingerprint density at radius 2 is 1.24 bits per heavy atom. The van der Waals surface area contributed by atoms with E-state index in [1.54, 1.807) is 6.08 Å². The number of allylic oxidation sites excluding steroid dienone is 7. The molecule has 0 spiro atoms. The molecule has 314 valence electrons. The van der Waals surface area contributed by atoms with Gasteiger partial charge in [-0.25, -0.2) is 4.18 Å². The maximum atomic E-state index is 13.0. The summed E-state index contributed by atoms with van der Waals surface area (Å²) >= 11 is 0. The first-order valence-electron chi connectivity index (χ1n) is 20.1. The van der Waals surface area contributed by atoms with Gasteiger partial charge in [0.2, 0.25) is 5.91 Å². The summed E-state index contributed by atoms with van der Waals surface area (Å²) in [6.45, 7) is 3.09. The first-order valence-corrected chi connectivity index (χ1v) is 21.5. The molecule has 0 aromatic carbocycles. The monoisotopic (exact) mass is 789 g/mol. The molecule has 13 nitrogen and oxygen atoms in total. The van der Waals surface area contributed by atoms with Crippen LogP contribution in [0.15, 0.2) is 48.6 Å². The Hall–Kier alpha value is -1.98. The zero-order chi connectivity index (χ0) is 40.0. The zero-order valence-corrected chi connectivity index (χ0v) is 33.4. The van der Waals surface area contributed by atoms with Gasteiger partial charge in [0.1, 0.15) is 30.5 Å². The fourth-order valence-corrected chi connectivity index (χ4v) is 6.40. The van der Waals surface area contributed by atoms with Crippen molar-refractivity contribution in [2.24, 2.45) is 0 Å². The molecule has 1 aliphatic heterocycles. The van der Waals surface area contributed by atoms with Crippen molar-refractivity contribution in [3.05, 3.63) is 48.6 Å². The number of hydrogen-bond donors (Lipinski definition) is 7. The Morgan fingerprint density at radius 1 is 0.741 bits per heavy atom. The Balaban J connectivity index is 2.75. The smallest absolute Gasteiger partial charge is 0.394 e. The van der Waals surface area contributed by atoms with Crippen LogP contribution in [0.3, 0.4) is 0 Å². The number of carbonyl (C=O) groups is 1. The van der Waals surface area contributed by atoms with Crippen LogP contribution in [0.2, 0.25) is 0 Å². The van der Waals surface area contributed by atoms with Gasteiger partial charge in [-0.3, -0.25) is 9.35 Å². The summed E-state index contributed by atoms with van der Waals surface area (Å²) in [7, 11) is -5.12. The fraction of sp³-hybridized carbons (Fsp3) is 0.775. The minimum Gasteiger partial charge on any atom is -0.394 e. The first-order chi connectivity index (χ1) is 25.9. The lowest BCUT2D eigenvalue weighted by Gasteiger charge is -2.41. The molecule has 1 amide bonds. The van der Waals surface area contributed by atoms with Crippen LogP contribution in [-0.2, 0) is 28.9 Å². The van der Waals surface area contributed by atoms with Crippen LogP contribution in [-0.4, -0.2) is 107 Å². The SMILES string of the molecule is CCCCC/C=C/CC/C=C/CC/C=C/C(O)C(COC1OC(CO)C(O)C(OS(=O)(=O)O)C1O)NC(=O)C(O)CCCC/C=C\CCCCCCCC. The van der Waals surface area contributed by atoms with Gasteiger partial charge in [-0.2, -0.15) is 8.42 Å². The van der Waals surface area contributed by atoms with Gasteiger partial charge in [0.15, 0.2) is 6.29 Å². The molecule has 8 atom stereocenters. The average Bonchev–Trinajstić information content (AvgIpc) is 3.14. The normalized spacial score (nSPS) is 22.9. The minimum absolute atomic E-state index is 0.201. The molecule has 8 unspecified atom stereocenters. The fourth-order valence-electron chi connectivity index (χ4n) is 5.90. The second kappa shape index (κ2) is 31.1.